The highest BCUT2D eigenvalue weighted by molar-refractivity contribution is 7.89. The molecule has 1 aromatic carbocycles. The van der Waals surface area contributed by atoms with Crippen molar-refractivity contribution in [1.82, 2.24) is 4.72 Å². The van der Waals surface area contributed by atoms with Crippen molar-refractivity contribution < 1.29 is 30.7 Å². The Morgan fingerprint density at radius 1 is 1.18 bits per heavy atom. The molecule has 2 aromatic rings. The molecule has 22 heavy (non-hydrogen) atoms. The van der Waals surface area contributed by atoms with Crippen LogP contribution in [0, 0.1) is 0 Å². The summed E-state index contributed by atoms with van der Waals surface area (Å²) in [7, 11) is -3.89. The summed E-state index contributed by atoms with van der Waals surface area (Å²) in [5, 5.41) is 0. The molecule has 0 fully saturated rings. The number of rotatable bonds is 5. The summed E-state index contributed by atoms with van der Waals surface area (Å²) < 4.78 is 71.5. The van der Waals surface area contributed by atoms with Crippen LogP contribution in [0.2, 0.25) is 0 Å². The number of hydrogen-bond acceptors (Lipinski definition) is 4. The van der Waals surface area contributed by atoms with Gasteiger partial charge in [0.1, 0.15) is 11.5 Å². The first-order valence-electron chi connectivity index (χ1n) is 6.09. The molecule has 0 saturated heterocycles. The van der Waals surface area contributed by atoms with Gasteiger partial charge in [-0.15, -0.1) is 13.2 Å². The maximum atomic E-state index is 12.1. The SMILES string of the molecule is C[C@H](NS(=O)(=O)c1ccc(OC(F)(F)F)cc1)c1ccco1. The van der Waals surface area contributed by atoms with Gasteiger partial charge in [-0.1, -0.05) is 0 Å². The molecule has 9 heteroatoms. The standard InChI is InChI=1S/C13H12F3NO4S/c1-9(12-3-2-8-20-12)17-22(18,19)11-6-4-10(5-7-11)21-13(14,15)16/h2-9,17H,1H3/t9-/m0/s1. The second-order valence-corrected chi connectivity index (χ2v) is 6.09. The predicted molar refractivity (Wildman–Crippen MR) is 70.6 cm³/mol. The molecule has 0 aliphatic heterocycles. The Labute approximate surface area is 124 Å². The van der Waals surface area contributed by atoms with Crippen LogP contribution in [0.15, 0.2) is 52.0 Å². The van der Waals surface area contributed by atoms with Crippen molar-refractivity contribution in [3.8, 4) is 5.75 Å². The lowest BCUT2D eigenvalue weighted by Gasteiger charge is -2.13. The van der Waals surface area contributed by atoms with E-state index in [2.05, 4.69) is 9.46 Å². The van der Waals surface area contributed by atoms with Gasteiger partial charge in [0, 0.05) is 0 Å². The number of furan rings is 1. The topological polar surface area (TPSA) is 68.5 Å². The molecule has 0 saturated carbocycles. The van der Waals surface area contributed by atoms with Crippen LogP contribution < -0.4 is 9.46 Å². The molecule has 0 bridgehead atoms. The van der Waals surface area contributed by atoms with Gasteiger partial charge in [-0.05, 0) is 43.3 Å². The molecule has 0 radical (unpaired) electrons. The Bertz CT molecular complexity index is 709. The fourth-order valence-corrected chi connectivity index (χ4v) is 2.93. The Hall–Kier alpha value is -2.00. The van der Waals surface area contributed by atoms with E-state index in [4.69, 9.17) is 4.42 Å². The fourth-order valence-electron chi connectivity index (χ4n) is 1.72. The Kier molecular flexibility index (Phi) is 4.47. The van der Waals surface area contributed by atoms with E-state index in [9.17, 15) is 21.6 Å². The number of sulfonamides is 1. The maximum absolute atomic E-state index is 12.1. The minimum Gasteiger partial charge on any atom is -0.468 e. The summed E-state index contributed by atoms with van der Waals surface area (Å²) in [5.41, 5.74) is 0. The van der Waals surface area contributed by atoms with E-state index >= 15 is 0 Å². The van der Waals surface area contributed by atoms with Crippen molar-refractivity contribution in [3.05, 3.63) is 48.4 Å². The second kappa shape index (κ2) is 6.01. The summed E-state index contributed by atoms with van der Waals surface area (Å²) in [6, 6.07) is 6.51. The van der Waals surface area contributed by atoms with Gasteiger partial charge < -0.3 is 9.15 Å². The van der Waals surface area contributed by atoms with Gasteiger partial charge in [0.15, 0.2) is 0 Å². The third-order valence-electron chi connectivity index (χ3n) is 2.67. The molecular weight excluding hydrogens is 323 g/mol. The van der Waals surface area contributed by atoms with Gasteiger partial charge in [0.2, 0.25) is 10.0 Å². The van der Waals surface area contributed by atoms with Crippen LogP contribution in [0.5, 0.6) is 5.75 Å². The molecular formula is C13H12F3NO4S. The highest BCUT2D eigenvalue weighted by Crippen LogP contribution is 2.24. The van der Waals surface area contributed by atoms with Crippen LogP contribution in [-0.2, 0) is 10.0 Å². The van der Waals surface area contributed by atoms with Crippen molar-refractivity contribution in [2.45, 2.75) is 24.2 Å². The van der Waals surface area contributed by atoms with Crippen LogP contribution in [0.4, 0.5) is 13.2 Å². The van der Waals surface area contributed by atoms with Crippen molar-refractivity contribution >= 4 is 10.0 Å². The molecule has 0 unspecified atom stereocenters. The molecule has 1 aromatic heterocycles. The lowest BCUT2D eigenvalue weighted by atomic mass is 10.3. The van der Waals surface area contributed by atoms with Crippen molar-refractivity contribution in [3.63, 3.8) is 0 Å². The highest BCUT2D eigenvalue weighted by Gasteiger charge is 2.31. The lowest BCUT2D eigenvalue weighted by molar-refractivity contribution is -0.274. The number of alkyl halides is 3. The van der Waals surface area contributed by atoms with E-state index in [0.717, 1.165) is 24.3 Å². The van der Waals surface area contributed by atoms with E-state index in [1.54, 1.807) is 19.1 Å². The number of nitrogens with one attached hydrogen (secondary N) is 1. The summed E-state index contributed by atoms with van der Waals surface area (Å²) in [4.78, 5) is -0.180. The van der Waals surface area contributed by atoms with Crippen LogP contribution in [0.25, 0.3) is 0 Å². The van der Waals surface area contributed by atoms with Crippen molar-refractivity contribution in [2.75, 3.05) is 0 Å². The first-order valence-corrected chi connectivity index (χ1v) is 7.57. The van der Waals surface area contributed by atoms with E-state index in [1.807, 2.05) is 0 Å². The minimum absolute atomic E-state index is 0.180. The van der Waals surface area contributed by atoms with E-state index in [-0.39, 0.29) is 4.90 Å². The maximum Gasteiger partial charge on any atom is 0.573 e. The third kappa shape index (κ3) is 4.25. The molecule has 0 aliphatic carbocycles. The molecule has 120 valence electrons. The monoisotopic (exact) mass is 335 g/mol. The summed E-state index contributed by atoms with van der Waals surface area (Å²) in [5.74, 6) is -0.0777. The third-order valence-corrected chi connectivity index (χ3v) is 4.23. The first kappa shape index (κ1) is 16.4. The highest BCUT2D eigenvalue weighted by atomic mass is 32.2. The zero-order chi connectivity index (χ0) is 16.4. The Balaban J connectivity index is 2.12. The largest absolute Gasteiger partial charge is 0.573 e. The fraction of sp³-hybridized carbons (Fsp3) is 0.231. The van der Waals surface area contributed by atoms with Crippen molar-refractivity contribution in [2.24, 2.45) is 0 Å². The van der Waals surface area contributed by atoms with Gasteiger partial charge in [0.25, 0.3) is 0 Å². The second-order valence-electron chi connectivity index (χ2n) is 4.38. The number of benzene rings is 1. The van der Waals surface area contributed by atoms with Crippen molar-refractivity contribution in [1.29, 1.82) is 0 Å². The number of halogens is 3. The molecule has 1 atom stereocenters. The van der Waals surface area contributed by atoms with Crippen LogP contribution in [0.1, 0.15) is 18.7 Å². The van der Waals surface area contributed by atoms with Crippen LogP contribution in [-0.4, -0.2) is 14.8 Å². The van der Waals surface area contributed by atoms with Gasteiger partial charge in [-0.2, -0.15) is 0 Å². The Morgan fingerprint density at radius 2 is 1.82 bits per heavy atom. The van der Waals surface area contributed by atoms with Gasteiger partial charge in [-0.25, -0.2) is 13.1 Å². The summed E-state index contributed by atoms with van der Waals surface area (Å²) >= 11 is 0. The van der Waals surface area contributed by atoms with Gasteiger partial charge in [-0.3, -0.25) is 0 Å². The summed E-state index contributed by atoms with van der Waals surface area (Å²) in [6.45, 7) is 1.58. The zero-order valence-corrected chi connectivity index (χ0v) is 12.1. The quantitative estimate of drug-likeness (QED) is 0.911. The van der Waals surface area contributed by atoms with Gasteiger partial charge >= 0.3 is 6.36 Å². The average molecular weight is 335 g/mol. The number of hydrogen-bond donors (Lipinski definition) is 1. The van der Waals surface area contributed by atoms with E-state index < -0.39 is 28.2 Å². The first-order chi connectivity index (χ1) is 10.2. The van der Waals surface area contributed by atoms with E-state index in [1.165, 1.54) is 6.26 Å². The molecule has 0 aliphatic rings. The summed E-state index contributed by atoms with van der Waals surface area (Å²) in [6.07, 6.45) is -3.42. The molecule has 1 heterocycles. The molecule has 1 N–H and O–H groups in total. The van der Waals surface area contributed by atoms with Gasteiger partial charge in [0.05, 0.1) is 17.2 Å². The van der Waals surface area contributed by atoms with E-state index in [0.29, 0.717) is 5.76 Å². The number of ether oxygens (including phenoxy) is 1. The molecule has 2 rings (SSSR count). The molecule has 0 spiro atoms. The normalized spacial score (nSPS) is 13.8. The lowest BCUT2D eigenvalue weighted by Crippen LogP contribution is -2.26. The van der Waals surface area contributed by atoms with Crippen LogP contribution >= 0.6 is 0 Å². The average Bonchev–Trinajstić information content (AvgIpc) is 2.90. The predicted octanol–water partition coefficient (Wildman–Crippen LogP) is 3.22. The smallest absolute Gasteiger partial charge is 0.468 e. The Morgan fingerprint density at radius 3 is 2.32 bits per heavy atom. The molecule has 0 amide bonds. The zero-order valence-electron chi connectivity index (χ0n) is 11.3. The van der Waals surface area contributed by atoms with Crippen LogP contribution in [0.3, 0.4) is 0 Å². The molecule has 5 nitrogen and oxygen atoms in total. The minimum atomic E-state index is -4.83.